The average Bonchev–Trinajstić information content (AvgIpc) is 3.08. The lowest BCUT2D eigenvalue weighted by Crippen LogP contribution is -2.31. The number of nitrogens with zero attached hydrogens (tertiary/aromatic N) is 2. The van der Waals surface area contributed by atoms with Gasteiger partial charge in [0.15, 0.2) is 5.11 Å². The Morgan fingerprint density at radius 2 is 2.10 bits per heavy atom. The highest BCUT2D eigenvalue weighted by Gasteiger charge is 2.30. The SMILES string of the molecule is Cc1ccc(C2=NN(C(N)=S)[C@@H](c3cccs3)C2)cc1. The van der Waals surface area contributed by atoms with Crippen LogP contribution in [0.15, 0.2) is 46.9 Å². The molecule has 1 aromatic carbocycles. The predicted octanol–water partition coefficient (Wildman–Crippen LogP) is 3.45. The second-order valence-electron chi connectivity index (χ2n) is 4.83. The summed E-state index contributed by atoms with van der Waals surface area (Å²) in [5, 5.41) is 8.77. The van der Waals surface area contributed by atoms with Crippen LogP contribution in [0.5, 0.6) is 0 Å². The van der Waals surface area contributed by atoms with Gasteiger partial charge < -0.3 is 5.73 Å². The number of nitrogens with two attached hydrogens (primary N) is 1. The predicted molar refractivity (Wildman–Crippen MR) is 88.0 cm³/mol. The third kappa shape index (κ3) is 2.46. The number of hydrogen-bond donors (Lipinski definition) is 1. The fourth-order valence-corrected chi connectivity index (χ4v) is 3.32. The molecule has 0 aliphatic carbocycles. The molecule has 0 spiro atoms. The van der Waals surface area contributed by atoms with Gasteiger partial charge in [-0.25, -0.2) is 5.01 Å². The smallest absolute Gasteiger partial charge is 0.187 e. The summed E-state index contributed by atoms with van der Waals surface area (Å²) in [6.07, 6.45) is 0.834. The first-order valence-corrected chi connectivity index (χ1v) is 7.70. The van der Waals surface area contributed by atoms with Gasteiger partial charge in [-0.3, -0.25) is 0 Å². The maximum atomic E-state index is 5.81. The zero-order valence-electron chi connectivity index (χ0n) is 11.1. The molecule has 2 aromatic rings. The third-order valence-electron chi connectivity index (χ3n) is 3.39. The Kier molecular flexibility index (Phi) is 3.54. The minimum absolute atomic E-state index is 0.129. The number of benzene rings is 1. The normalized spacial score (nSPS) is 18.1. The highest BCUT2D eigenvalue weighted by Crippen LogP contribution is 2.34. The molecule has 3 nitrogen and oxygen atoms in total. The number of aryl methyl sites for hydroxylation is 1. The lowest BCUT2D eigenvalue weighted by Gasteiger charge is -2.20. The van der Waals surface area contributed by atoms with Crippen LogP contribution < -0.4 is 5.73 Å². The fourth-order valence-electron chi connectivity index (χ4n) is 2.34. The molecule has 0 bridgehead atoms. The van der Waals surface area contributed by atoms with E-state index in [4.69, 9.17) is 18.0 Å². The quantitative estimate of drug-likeness (QED) is 0.864. The van der Waals surface area contributed by atoms with E-state index in [1.54, 1.807) is 16.3 Å². The second-order valence-corrected chi connectivity index (χ2v) is 6.23. The Bertz CT molecular complexity index is 644. The van der Waals surface area contributed by atoms with Crippen molar-refractivity contribution in [3.05, 3.63) is 57.8 Å². The van der Waals surface area contributed by atoms with Crippen molar-refractivity contribution in [2.24, 2.45) is 10.8 Å². The molecule has 0 fully saturated rings. The number of thiocarbonyl (C=S) groups is 1. The summed E-state index contributed by atoms with van der Waals surface area (Å²) in [5.74, 6) is 0. The number of thiophene rings is 1. The summed E-state index contributed by atoms with van der Waals surface area (Å²) in [6, 6.07) is 12.7. The molecule has 2 N–H and O–H groups in total. The molecule has 20 heavy (non-hydrogen) atoms. The number of hydrazone groups is 1. The van der Waals surface area contributed by atoms with Crippen LogP contribution in [-0.2, 0) is 0 Å². The van der Waals surface area contributed by atoms with Crippen LogP contribution >= 0.6 is 23.6 Å². The molecule has 1 aliphatic rings. The molecule has 0 saturated heterocycles. The molecule has 0 unspecified atom stereocenters. The van der Waals surface area contributed by atoms with E-state index in [1.807, 2.05) is 6.07 Å². The van der Waals surface area contributed by atoms with Crippen LogP contribution in [0, 0.1) is 6.92 Å². The average molecular weight is 301 g/mol. The van der Waals surface area contributed by atoms with E-state index in [9.17, 15) is 0 Å². The maximum absolute atomic E-state index is 5.81. The third-order valence-corrected chi connectivity index (χ3v) is 4.55. The van der Waals surface area contributed by atoms with Crippen molar-refractivity contribution in [1.29, 1.82) is 0 Å². The summed E-state index contributed by atoms with van der Waals surface area (Å²) in [7, 11) is 0. The second kappa shape index (κ2) is 5.34. The fraction of sp³-hybridized carbons (Fsp3) is 0.200. The van der Waals surface area contributed by atoms with E-state index in [0.29, 0.717) is 5.11 Å². The lowest BCUT2D eigenvalue weighted by atomic mass is 10.0. The van der Waals surface area contributed by atoms with Gasteiger partial charge in [-0.05, 0) is 36.2 Å². The van der Waals surface area contributed by atoms with Gasteiger partial charge in [0, 0.05) is 11.3 Å². The Hall–Kier alpha value is -1.72. The maximum Gasteiger partial charge on any atom is 0.187 e. The first-order chi connectivity index (χ1) is 9.65. The first-order valence-electron chi connectivity index (χ1n) is 6.42. The molecule has 1 aliphatic heterocycles. The van der Waals surface area contributed by atoms with Gasteiger partial charge in [0.2, 0.25) is 0 Å². The Morgan fingerprint density at radius 1 is 1.35 bits per heavy atom. The summed E-state index contributed by atoms with van der Waals surface area (Å²) in [6.45, 7) is 2.08. The molecule has 102 valence electrons. The van der Waals surface area contributed by atoms with Crippen LogP contribution in [0.4, 0.5) is 0 Å². The zero-order valence-corrected chi connectivity index (χ0v) is 12.7. The van der Waals surface area contributed by atoms with Gasteiger partial charge in [-0.2, -0.15) is 5.10 Å². The van der Waals surface area contributed by atoms with E-state index >= 15 is 0 Å². The van der Waals surface area contributed by atoms with E-state index in [0.717, 1.165) is 17.7 Å². The topological polar surface area (TPSA) is 41.6 Å². The van der Waals surface area contributed by atoms with Crippen molar-refractivity contribution < 1.29 is 0 Å². The molecule has 1 atom stereocenters. The lowest BCUT2D eigenvalue weighted by molar-refractivity contribution is 0.378. The van der Waals surface area contributed by atoms with E-state index < -0.39 is 0 Å². The largest absolute Gasteiger partial charge is 0.375 e. The van der Waals surface area contributed by atoms with Crippen molar-refractivity contribution in [3.63, 3.8) is 0 Å². The highest BCUT2D eigenvalue weighted by molar-refractivity contribution is 7.80. The number of rotatable bonds is 2. The van der Waals surface area contributed by atoms with Crippen molar-refractivity contribution in [2.75, 3.05) is 0 Å². The van der Waals surface area contributed by atoms with Gasteiger partial charge in [0.05, 0.1) is 11.8 Å². The van der Waals surface area contributed by atoms with Gasteiger partial charge in [0.1, 0.15) is 0 Å². The molecule has 0 saturated carbocycles. The summed E-state index contributed by atoms with van der Waals surface area (Å²) in [5.41, 5.74) is 9.23. The van der Waals surface area contributed by atoms with Crippen LogP contribution in [0.3, 0.4) is 0 Å². The van der Waals surface area contributed by atoms with Crippen molar-refractivity contribution >= 4 is 34.4 Å². The first kappa shape index (κ1) is 13.3. The Balaban J connectivity index is 1.92. The van der Waals surface area contributed by atoms with Crippen LogP contribution in [-0.4, -0.2) is 15.8 Å². The minimum atomic E-state index is 0.129. The van der Waals surface area contributed by atoms with Gasteiger partial charge in [0.25, 0.3) is 0 Å². The molecule has 2 heterocycles. The molecule has 3 rings (SSSR count). The van der Waals surface area contributed by atoms with E-state index in [2.05, 4.69) is 47.7 Å². The molecular weight excluding hydrogens is 286 g/mol. The summed E-state index contributed by atoms with van der Waals surface area (Å²) < 4.78 is 0. The number of hydrogen-bond acceptors (Lipinski definition) is 3. The monoisotopic (exact) mass is 301 g/mol. The molecule has 0 amide bonds. The van der Waals surface area contributed by atoms with Crippen LogP contribution in [0.1, 0.15) is 28.5 Å². The standard InChI is InChI=1S/C15H15N3S2/c1-10-4-6-11(7-5-10)12-9-13(14-3-2-8-20-14)18(17-12)15(16)19/h2-8,13H,9H2,1H3,(H2,16,19)/t13-/m1/s1. The van der Waals surface area contributed by atoms with Crippen LogP contribution in [0.2, 0.25) is 0 Å². The van der Waals surface area contributed by atoms with Gasteiger partial charge >= 0.3 is 0 Å². The highest BCUT2D eigenvalue weighted by atomic mass is 32.1. The van der Waals surface area contributed by atoms with Crippen molar-refractivity contribution in [3.8, 4) is 0 Å². The summed E-state index contributed by atoms with van der Waals surface area (Å²) in [4.78, 5) is 1.24. The molecule has 0 radical (unpaired) electrons. The Morgan fingerprint density at radius 3 is 2.70 bits per heavy atom. The van der Waals surface area contributed by atoms with Crippen LogP contribution in [0.25, 0.3) is 0 Å². The van der Waals surface area contributed by atoms with E-state index in [1.165, 1.54) is 10.4 Å². The minimum Gasteiger partial charge on any atom is -0.375 e. The van der Waals surface area contributed by atoms with Gasteiger partial charge in [-0.1, -0.05) is 35.9 Å². The molecule has 5 heteroatoms. The zero-order chi connectivity index (χ0) is 14.1. The van der Waals surface area contributed by atoms with Crippen molar-refractivity contribution in [1.82, 2.24) is 5.01 Å². The van der Waals surface area contributed by atoms with Gasteiger partial charge in [-0.15, -0.1) is 11.3 Å². The summed E-state index contributed by atoms with van der Waals surface area (Å²) >= 11 is 6.84. The molecule has 1 aromatic heterocycles. The van der Waals surface area contributed by atoms with Crippen molar-refractivity contribution in [2.45, 2.75) is 19.4 Å². The Labute approximate surface area is 127 Å². The van der Waals surface area contributed by atoms with E-state index in [-0.39, 0.29) is 6.04 Å². The molecular formula is C15H15N3S2.